The number of nitrogens with one attached hydrogen (secondary N) is 9. The smallest absolute Gasteiger partial charge is 0.345 e. The van der Waals surface area contributed by atoms with Gasteiger partial charge in [0, 0.05) is 62.9 Å². The molecule has 0 aliphatic heterocycles. The monoisotopic (exact) mass is 984 g/mol. The summed E-state index contributed by atoms with van der Waals surface area (Å²) in [6.45, 7) is 5.79. The first-order chi connectivity index (χ1) is 30.1. The number of anilines is 4. The van der Waals surface area contributed by atoms with Crippen LogP contribution in [0.25, 0.3) is 0 Å². The maximum atomic E-state index is 12.0. The maximum absolute atomic E-state index is 12.0. The number of nitrogens with two attached hydrogens (primary N) is 2. The predicted octanol–water partition coefficient (Wildman–Crippen LogP) is 0.00180. The lowest BCUT2D eigenvalue weighted by molar-refractivity contribution is -0.696. The summed E-state index contributed by atoms with van der Waals surface area (Å²) in [5.74, 6) is 0. The van der Waals surface area contributed by atoms with Gasteiger partial charge in [-0.3, -0.25) is 14.9 Å². The van der Waals surface area contributed by atoms with E-state index in [1.165, 1.54) is 0 Å². The lowest BCUT2D eigenvalue weighted by Crippen LogP contribution is -2.98. The van der Waals surface area contributed by atoms with E-state index in [0.29, 0.717) is 103 Å². The number of rotatable bonds is 30. The average Bonchev–Trinajstić information content (AvgIpc) is 3.28. The molecule has 0 radical (unpaired) electrons. The van der Waals surface area contributed by atoms with Crippen molar-refractivity contribution in [2.45, 2.75) is 49.9 Å². The Labute approximate surface area is 392 Å². The Kier molecular flexibility index (Phi) is 25.2. The molecule has 0 aliphatic carbocycles. The van der Waals surface area contributed by atoms with E-state index in [1.54, 1.807) is 19.5 Å². The molecule has 2 aromatic rings. The molecule has 2 rings (SSSR count). The molecule has 0 fully saturated rings. The normalized spacial score (nSPS) is 13.2. The second-order valence-corrected chi connectivity index (χ2v) is 23.1. The third kappa shape index (κ3) is 20.6. The Balaban J connectivity index is 1.79. The minimum Gasteiger partial charge on any atom is -0.413 e. The number of quaternary nitrogens is 1. The molecule has 0 spiro atoms. The third-order valence-corrected chi connectivity index (χ3v) is 17.3. The topological polar surface area (TPSA) is 267 Å². The van der Waals surface area contributed by atoms with Gasteiger partial charge >= 0.3 is 17.1 Å². The van der Waals surface area contributed by atoms with Crippen LogP contribution in [0.5, 0.6) is 0 Å². The Bertz CT molecular complexity index is 1790. The fourth-order valence-electron chi connectivity index (χ4n) is 5.57. The van der Waals surface area contributed by atoms with Crippen molar-refractivity contribution in [3.8, 4) is 0 Å². The summed E-state index contributed by atoms with van der Waals surface area (Å²) in [5.41, 5.74) is 5.60. The first-order valence-corrected chi connectivity index (χ1v) is 26.7. The van der Waals surface area contributed by atoms with Crippen molar-refractivity contribution in [2.24, 2.45) is 5.73 Å². The second kappa shape index (κ2) is 28.7. The van der Waals surface area contributed by atoms with Crippen molar-refractivity contribution in [3.63, 3.8) is 0 Å². The number of aliphatic hydroxyl groups is 1. The van der Waals surface area contributed by atoms with Crippen molar-refractivity contribution < 1.29 is 42.6 Å². The Hall–Kier alpha value is -3.97. The minimum atomic E-state index is -2.85. The van der Waals surface area contributed by atoms with Crippen molar-refractivity contribution >= 4 is 134 Å². The van der Waals surface area contributed by atoms with Crippen molar-refractivity contribution in [2.75, 3.05) is 87.2 Å². The van der Waals surface area contributed by atoms with Gasteiger partial charge in [0.1, 0.15) is 18.1 Å². The molecule has 0 amide bonds. The highest BCUT2D eigenvalue weighted by atomic mass is 32.1. The number of hydrogen-bond donors (Lipinski definition) is 12. The van der Waals surface area contributed by atoms with E-state index in [9.17, 15) is 19.2 Å². The standard InChI is InChI=1S/C38H61N11O8S4Si2/c1-55-62(3,57-63(4,56-2)28-43-36(61)49-32-13-9-30(10-14-32)47-34(59)41-21-22-50)27-42-35(60)48-31-11-7-29(8-12-31)46-33(58)40-18-6-20-45-38(25-53,26-54)16-15-37(23-51,24-52)44-19-5-17-39/h7-14,23-26,44-45,50H,5-6,15-22,27-28,39H2,1-4H3,(H2,40,46,58)(H2,41,47,59)(H2,42,48,60)(H2,43,49,61)/p+1. The van der Waals surface area contributed by atoms with Gasteiger partial charge in [-0.2, -0.15) is 0 Å². The molecule has 0 saturated heterocycles. The van der Waals surface area contributed by atoms with Crippen LogP contribution in [0.2, 0.25) is 13.1 Å². The van der Waals surface area contributed by atoms with E-state index in [2.05, 4.69) is 47.9 Å². The zero-order valence-corrected chi connectivity index (χ0v) is 41.3. The fourth-order valence-corrected chi connectivity index (χ4v) is 12.8. The van der Waals surface area contributed by atoms with Crippen LogP contribution in [-0.2, 0) is 32.1 Å². The quantitative estimate of drug-likeness (QED) is 0.0162. The molecule has 0 aromatic heterocycles. The van der Waals surface area contributed by atoms with Crippen LogP contribution in [0.3, 0.4) is 0 Å². The highest BCUT2D eigenvalue weighted by Crippen LogP contribution is 2.18. The number of carbonyl (C=O) groups is 4. The van der Waals surface area contributed by atoms with Crippen LogP contribution in [0.1, 0.15) is 25.7 Å². The van der Waals surface area contributed by atoms with Gasteiger partial charge in [-0.15, -0.1) is 0 Å². The predicted molar refractivity (Wildman–Crippen MR) is 267 cm³/mol. The SMILES string of the molecule is CO[Si](C)(CNC(=S)Nc1ccc(NC(=S)NCCO)cc1)O[Si](C)(CNC(=S)Nc1ccc(NC(=S)NCCC[NH2+]C(C=O)(C=O)CCC(C=O)(C=O)NCCCN)cc1)OC. The average molecular weight is 985 g/mol. The van der Waals surface area contributed by atoms with Crippen LogP contribution in [0, 0.1) is 0 Å². The molecule has 0 aliphatic rings. The van der Waals surface area contributed by atoms with Crippen LogP contribution >= 0.6 is 48.9 Å². The molecule has 348 valence electrons. The number of aldehydes is 4. The molecule has 63 heavy (non-hydrogen) atoms. The van der Waals surface area contributed by atoms with E-state index < -0.39 is 28.2 Å². The first-order valence-electron chi connectivity index (χ1n) is 20.0. The molecule has 25 heteroatoms. The Morgan fingerprint density at radius 2 is 1.06 bits per heavy atom. The Morgan fingerprint density at radius 3 is 1.43 bits per heavy atom. The van der Waals surface area contributed by atoms with Gasteiger partial charge in [0.05, 0.1) is 25.5 Å². The fraction of sp³-hybridized carbons (Fsp3) is 0.474. The van der Waals surface area contributed by atoms with Crippen molar-refractivity contribution in [1.82, 2.24) is 26.6 Å². The third-order valence-electron chi connectivity index (χ3n) is 9.49. The second-order valence-electron chi connectivity index (χ2n) is 14.6. The van der Waals surface area contributed by atoms with E-state index in [1.807, 2.05) is 61.6 Å². The summed E-state index contributed by atoms with van der Waals surface area (Å²) in [5, 5.41) is 39.9. The van der Waals surface area contributed by atoms with Gasteiger partial charge < -0.3 is 81.2 Å². The summed E-state index contributed by atoms with van der Waals surface area (Å²) in [4.78, 5) is 47.4. The maximum Gasteiger partial charge on any atom is 0.345 e. The molecule has 0 heterocycles. The van der Waals surface area contributed by atoms with E-state index in [-0.39, 0.29) is 19.4 Å². The van der Waals surface area contributed by atoms with Gasteiger partial charge in [-0.1, -0.05) is 0 Å². The zero-order valence-electron chi connectivity index (χ0n) is 36.0. The van der Waals surface area contributed by atoms with E-state index in [4.69, 9.17) is 72.7 Å². The Morgan fingerprint density at radius 1 is 0.651 bits per heavy atom. The van der Waals surface area contributed by atoms with E-state index in [0.717, 1.165) is 22.7 Å². The van der Waals surface area contributed by atoms with Crippen molar-refractivity contribution in [3.05, 3.63) is 48.5 Å². The molecular weight excluding hydrogens is 923 g/mol. The molecule has 2 aromatic carbocycles. The molecule has 2 atom stereocenters. The number of benzene rings is 2. The number of carbonyl (C=O) groups excluding carboxylic acids is 4. The largest absolute Gasteiger partial charge is 0.413 e. The van der Waals surface area contributed by atoms with Gasteiger partial charge in [-0.25, -0.2) is 0 Å². The molecular formula is C38H62N11O8S4Si2+. The summed E-state index contributed by atoms with van der Waals surface area (Å²) in [6.07, 6.45) is 3.88. The molecule has 14 N–H and O–H groups in total. The van der Waals surface area contributed by atoms with Gasteiger partial charge in [0.15, 0.2) is 33.0 Å². The molecule has 2 unspecified atom stereocenters. The van der Waals surface area contributed by atoms with Crippen LogP contribution < -0.4 is 58.9 Å². The number of hydrogen-bond acceptors (Lipinski definition) is 14. The minimum absolute atomic E-state index is 0.00182. The van der Waals surface area contributed by atoms with Crippen LogP contribution in [0.4, 0.5) is 22.7 Å². The van der Waals surface area contributed by atoms with Crippen LogP contribution in [-0.4, -0.2) is 145 Å². The molecule has 0 saturated carbocycles. The van der Waals surface area contributed by atoms with E-state index >= 15 is 0 Å². The molecule has 19 nitrogen and oxygen atoms in total. The lowest BCUT2D eigenvalue weighted by Gasteiger charge is -2.35. The highest BCUT2D eigenvalue weighted by molar-refractivity contribution is 7.81. The van der Waals surface area contributed by atoms with Crippen molar-refractivity contribution in [1.29, 1.82) is 0 Å². The van der Waals surface area contributed by atoms with Gasteiger partial charge in [-0.05, 0) is 136 Å². The zero-order chi connectivity index (χ0) is 46.8. The number of thiocarbonyl (C=S) groups is 4. The summed E-state index contributed by atoms with van der Waals surface area (Å²) in [6, 6.07) is 14.7. The van der Waals surface area contributed by atoms with Gasteiger partial charge in [0.25, 0.3) is 0 Å². The van der Waals surface area contributed by atoms with Crippen LogP contribution in [0.15, 0.2) is 48.5 Å². The number of aliphatic hydroxyl groups excluding tert-OH is 1. The lowest BCUT2D eigenvalue weighted by atomic mass is 9.87. The van der Waals surface area contributed by atoms with Gasteiger partial charge in [0.2, 0.25) is 5.54 Å². The summed E-state index contributed by atoms with van der Waals surface area (Å²) in [7, 11) is -2.48. The first kappa shape index (κ1) is 55.2. The summed E-state index contributed by atoms with van der Waals surface area (Å²) < 4.78 is 18.4. The summed E-state index contributed by atoms with van der Waals surface area (Å²) >= 11 is 21.7. The highest BCUT2D eigenvalue weighted by Gasteiger charge is 2.43. The molecule has 0 bridgehead atoms.